The van der Waals surface area contributed by atoms with Gasteiger partial charge >= 0.3 is 0 Å². The summed E-state index contributed by atoms with van der Waals surface area (Å²) in [6, 6.07) is 22.1. The molecule has 0 bridgehead atoms. The molecule has 1 atom stereocenters. The molecule has 0 saturated heterocycles. The average Bonchev–Trinajstić information content (AvgIpc) is 3.32. The first-order valence-corrected chi connectivity index (χ1v) is 11.1. The van der Waals surface area contributed by atoms with E-state index in [0.29, 0.717) is 40.0 Å². The number of ether oxygens (including phenoxy) is 1. The third-order valence-corrected chi connectivity index (χ3v) is 5.85. The lowest BCUT2D eigenvalue weighted by Gasteiger charge is -2.28. The molecule has 2 heterocycles. The van der Waals surface area contributed by atoms with Crippen LogP contribution < -0.4 is 15.4 Å². The number of methoxy groups -OCH3 is 1. The molecule has 10 heteroatoms. The van der Waals surface area contributed by atoms with Gasteiger partial charge in [-0.05, 0) is 36.8 Å². The van der Waals surface area contributed by atoms with Crippen LogP contribution in [0.4, 0.5) is 17.3 Å². The van der Waals surface area contributed by atoms with Crippen molar-refractivity contribution in [3.63, 3.8) is 0 Å². The Morgan fingerprint density at radius 3 is 2.61 bits per heavy atom. The van der Waals surface area contributed by atoms with Crippen molar-refractivity contribution in [2.45, 2.75) is 13.0 Å². The second-order valence-electron chi connectivity index (χ2n) is 8.17. The number of para-hydroxylation sites is 1. The largest absolute Gasteiger partial charge is 0.497 e. The van der Waals surface area contributed by atoms with Crippen molar-refractivity contribution in [3.05, 3.63) is 106 Å². The maximum Gasteiger partial charge on any atom is 0.270 e. The van der Waals surface area contributed by atoms with Gasteiger partial charge in [-0.25, -0.2) is 4.68 Å². The highest BCUT2D eigenvalue weighted by atomic mass is 16.6. The molecule has 10 nitrogen and oxygen atoms in total. The smallest absolute Gasteiger partial charge is 0.270 e. The van der Waals surface area contributed by atoms with Crippen LogP contribution in [0.5, 0.6) is 5.75 Å². The molecule has 1 aliphatic rings. The molecule has 0 fully saturated rings. The van der Waals surface area contributed by atoms with Gasteiger partial charge in [-0.3, -0.25) is 14.9 Å². The number of nitrogens with zero attached hydrogens (tertiary/aromatic N) is 4. The summed E-state index contributed by atoms with van der Waals surface area (Å²) in [5.41, 5.74) is 2.93. The van der Waals surface area contributed by atoms with E-state index in [4.69, 9.17) is 4.74 Å². The predicted octanol–water partition coefficient (Wildman–Crippen LogP) is 4.79. The van der Waals surface area contributed by atoms with Crippen molar-refractivity contribution in [1.29, 1.82) is 0 Å². The fourth-order valence-electron chi connectivity index (χ4n) is 4.17. The normalized spacial score (nSPS) is 14.6. The van der Waals surface area contributed by atoms with Crippen molar-refractivity contribution in [2.75, 3.05) is 17.7 Å². The fraction of sp³-hybridized carbons (Fsp3) is 0.115. The van der Waals surface area contributed by atoms with Crippen LogP contribution in [0.3, 0.4) is 0 Å². The Kier molecular flexibility index (Phi) is 5.91. The summed E-state index contributed by atoms with van der Waals surface area (Å²) in [5.74, 6) is 1.05. The summed E-state index contributed by atoms with van der Waals surface area (Å²) in [7, 11) is 1.58. The molecule has 0 saturated carbocycles. The van der Waals surface area contributed by atoms with E-state index in [9.17, 15) is 14.9 Å². The van der Waals surface area contributed by atoms with Gasteiger partial charge in [0.2, 0.25) is 5.95 Å². The molecule has 1 amide bonds. The highest BCUT2D eigenvalue weighted by molar-refractivity contribution is 6.06. The van der Waals surface area contributed by atoms with E-state index in [0.717, 1.165) is 5.56 Å². The van der Waals surface area contributed by atoms with E-state index < -0.39 is 11.0 Å². The molecular weight excluding hydrogens is 460 g/mol. The van der Waals surface area contributed by atoms with Crippen LogP contribution in [0.25, 0.3) is 11.4 Å². The van der Waals surface area contributed by atoms with Crippen molar-refractivity contribution < 1.29 is 14.5 Å². The van der Waals surface area contributed by atoms with Crippen LogP contribution in [0.15, 0.2) is 90.1 Å². The summed E-state index contributed by atoms with van der Waals surface area (Å²) in [4.78, 5) is 28.9. The monoisotopic (exact) mass is 482 g/mol. The Bertz CT molecular complexity index is 1500. The van der Waals surface area contributed by atoms with E-state index in [-0.39, 0.29) is 11.6 Å². The molecule has 1 aromatic heterocycles. The maximum atomic E-state index is 13.5. The Balaban J connectivity index is 1.62. The molecule has 2 N–H and O–H groups in total. The molecular formula is C26H22N6O4. The minimum absolute atomic E-state index is 0.0604. The van der Waals surface area contributed by atoms with Crippen molar-refractivity contribution >= 4 is 23.2 Å². The number of hydrogen-bond donors (Lipinski definition) is 2. The number of amides is 1. The number of rotatable bonds is 6. The number of fused-ring (bicyclic) bond motifs is 1. The van der Waals surface area contributed by atoms with Gasteiger partial charge in [0.05, 0.1) is 17.6 Å². The number of aromatic nitrogens is 3. The lowest BCUT2D eigenvalue weighted by atomic mass is 9.95. The maximum absolute atomic E-state index is 13.5. The van der Waals surface area contributed by atoms with Gasteiger partial charge in [0.25, 0.3) is 11.6 Å². The topological polar surface area (TPSA) is 124 Å². The van der Waals surface area contributed by atoms with Gasteiger partial charge in [-0.15, -0.1) is 5.10 Å². The first-order chi connectivity index (χ1) is 17.4. The number of anilines is 2. The number of allylic oxidation sites excluding steroid dienone is 1. The minimum Gasteiger partial charge on any atom is -0.497 e. The quantitative estimate of drug-likeness (QED) is 0.299. The van der Waals surface area contributed by atoms with Crippen LogP contribution in [0.1, 0.15) is 18.5 Å². The number of carbonyl (C=O) groups is 1. The highest BCUT2D eigenvalue weighted by Gasteiger charge is 2.35. The molecule has 5 rings (SSSR count). The summed E-state index contributed by atoms with van der Waals surface area (Å²) >= 11 is 0. The lowest BCUT2D eigenvalue weighted by Crippen LogP contribution is -2.31. The lowest BCUT2D eigenvalue weighted by molar-refractivity contribution is -0.384. The van der Waals surface area contributed by atoms with E-state index in [1.54, 1.807) is 30.8 Å². The number of benzene rings is 3. The van der Waals surface area contributed by atoms with Gasteiger partial charge in [0, 0.05) is 29.1 Å². The molecule has 4 aromatic rings. The number of non-ortho nitro benzene ring substituents is 1. The van der Waals surface area contributed by atoms with Crippen molar-refractivity contribution in [2.24, 2.45) is 0 Å². The molecule has 1 aliphatic heterocycles. The van der Waals surface area contributed by atoms with E-state index >= 15 is 0 Å². The molecule has 0 spiro atoms. The summed E-state index contributed by atoms with van der Waals surface area (Å²) in [6.45, 7) is 1.80. The molecule has 3 aromatic carbocycles. The number of hydrogen-bond acceptors (Lipinski definition) is 7. The van der Waals surface area contributed by atoms with E-state index in [1.807, 2.05) is 54.6 Å². The predicted molar refractivity (Wildman–Crippen MR) is 135 cm³/mol. The standard InChI is InChI=1S/C26H22N6O4/c1-16-22(25(33)28-19-10-4-3-5-11-19)23(17-8-7-13-21(15-17)36-2)31-26(27-16)29-24(30-31)18-9-6-12-20(14-18)32(34)35/h3-15,23H,1-2H3,(H,28,33)(H,27,29,30). The van der Waals surface area contributed by atoms with Crippen molar-refractivity contribution in [1.82, 2.24) is 14.8 Å². The zero-order valence-corrected chi connectivity index (χ0v) is 19.5. The highest BCUT2D eigenvalue weighted by Crippen LogP contribution is 2.38. The van der Waals surface area contributed by atoms with Gasteiger partial charge < -0.3 is 15.4 Å². The van der Waals surface area contributed by atoms with Crippen LogP contribution >= 0.6 is 0 Å². The second-order valence-corrected chi connectivity index (χ2v) is 8.17. The van der Waals surface area contributed by atoms with Crippen LogP contribution in [0.2, 0.25) is 0 Å². The number of carbonyl (C=O) groups excluding carboxylic acids is 1. The van der Waals surface area contributed by atoms with Crippen LogP contribution in [0, 0.1) is 10.1 Å². The second kappa shape index (κ2) is 9.34. The Hall–Kier alpha value is -4.99. The average molecular weight is 483 g/mol. The summed E-state index contributed by atoms with van der Waals surface area (Å²) in [6.07, 6.45) is 0. The molecule has 0 aliphatic carbocycles. The Morgan fingerprint density at radius 1 is 1.08 bits per heavy atom. The number of nitro groups is 1. The third kappa shape index (κ3) is 4.27. The first-order valence-electron chi connectivity index (χ1n) is 11.1. The van der Waals surface area contributed by atoms with Gasteiger partial charge in [-0.2, -0.15) is 4.98 Å². The van der Waals surface area contributed by atoms with Crippen molar-refractivity contribution in [3.8, 4) is 17.1 Å². The number of nitro benzene ring substituents is 1. The zero-order valence-electron chi connectivity index (χ0n) is 19.5. The van der Waals surface area contributed by atoms with Crippen LogP contribution in [-0.2, 0) is 4.79 Å². The van der Waals surface area contributed by atoms with Gasteiger partial charge in [-0.1, -0.05) is 42.5 Å². The SMILES string of the molecule is COc1cccc(C2C(C(=O)Nc3ccccc3)=C(C)Nc3nc(-c4cccc([N+](=O)[O-])c4)nn32)c1. The summed E-state index contributed by atoms with van der Waals surface area (Å²) in [5, 5.41) is 22.1. The fourth-order valence-corrected chi connectivity index (χ4v) is 4.17. The van der Waals surface area contributed by atoms with Gasteiger partial charge in [0.15, 0.2) is 5.82 Å². The van der Waals surface area contributed by atoms with E-state index in [1.165, 1.54) is 12.1 Å². The zero-order chi connectivity index (χ0) is 25.2. The van der Waals surface area contributed by atoms with Crippen LogP contribution in [-0.4, -0.2) is 32.7 Å². The molecule has 180 valence electrons. The Morgan fingerprint density at radius 2 is 1.86 bits per heavy atom. The number of nitrogens with one attached hydrogen (secondary N) is 2. The van der Waals surface area contributed by atoms with Gasteiger partial charge in [0.1, 0.15) is 11.8 Å². The Labute approximate surface area is 206 Å². The molecule has 1 unspecified atom stereocenters. The van der Waals surface area contributed by atoms with E-state index in [2.05, 4.69) is 20.7 Å². The minimum atomic E-state index is -0.625. The first kappa shape index (κ1) is 22.8. The molecule has 36 heavy (non-hydrogen) atoms. The molecule has 0 radical (unpaired) electrons. The third-order valence-electron chi connectivity index (χ3n) is 5.85. The summed E-state index contributed by atoms with van der Waals surface area (Å²) < 4.78 is 7.04.